The lowest BCUT2D eigenvalue weighted by molar-refractivity contribution is 0.0680. The molecule has 0 amide bonds. The van der Waals surface area contributed by atoms with Crippen molar-refractivity contribution in [2.75, 3.05) is 39.8 Å². The molecule has 0 radical (unpaired) electrons. The van der Waals surface area contributed by atoms with Crippen molar-refractivity contribution in [1.29, 1.82) is 0 Å². The summed E-state index contributed by atoms with van der Waals surface area (Å²) in [5.41, 5.74) is 0. The molecule has 1 N–H and O–H groups in total. The van der Waals surface area contributed by atoms with Gasteiger partial charge in [0.25, 0.3) is 0 Å². The van der Waals surface area contributed by atoms with Crippen LogP contribution in [0.3, 0.4) is 0 Å². The molecule has 0 aliphatic carbocycles. The Bertz CT molecular complexity index is 177. The zero-order valence-corrected chi connectivity index (χ0v) is 9.50. The van der Waals surface area contributed by atoms with Crippen molar-refractivity contribution in [3.05, 3.63) is 0 Å². The molecule has 14 heavy (non-hydrogen) atoms. The Morgan fingerprint density at radius 2 is 2.21 bits per heavy atom. The molecule has 0 bridgehead atoms. The summed E-state index contributed by atoms with van der Waals surface area (Å²) < 4.78 is 0. The molecule has 2 saturated heterocycles. The van der Waals surface area contributed by atoms with Crippen molar-refractivity contribution in [1.82, 2.24) is 15.1 Å². The van der Waals surface area contributed by atoms with Crippen LogP contribution in [0.25, 0.3) is 0 Å². The first-order valence-electron chi connectivity index (χ1n) is 5.96. The van der Waals surface area contributed by atoms with Gasteiger partial charge in [0.1, 0.15) is 0 Å². The highest BCUT2D eigenvalue weighted by Gasteiger charge is 2.29. The van der Waals surface area contributed by atoms with Crippen LogP contribution in [0.2, 0.25) is 0 Å². The fourth-order valence-electron chi connectivity index (χ4n) is 2.69. The SMILES string of the molecule is CCC1CN(C2CCNC2)CCN1C. The molecular weight excluding hydrogens is 174 g/mol. The number of nitrogens with one attached hydrogen (secondary N) is 1. The highest BCUT2D eigenvalue weighted by Crippen LogP contribution is 2.16. The van der Waals surface area contributed by atoms with Gasteiger partial charge in [0.05, 0.1) is 0 Å². The predicted molar refractivity (Wildman–Crippen MR) is 59.6 cm³/mol. The first-order chi connectivity index (χ1) is 6.81. The van der Waals surface area contributed by atoms with Crippen LogP contribution in [0.5, 0.6) is 0 Å². The maximum atomic E-state index is 3.46. The maximum Gasteiger partial charge on any atom is 0.0233 e. The van der Waals surface area contributed by atoms with Gasteiger partial charge in [-0.1, -0.05) is 6.92 Å². The third-order valence-electron chi connectivity index (χ3n) is 3.83. The van der Waals surface area contributed by atoms with Crippen LogP contribution in [0.1, 0.15) is 19.8 Å². The second kappa shape index (κ2) is 4.60. The van der Waals surface area contributed by atoms with E-state index in [1.165, 1.54) is 45.6 Å². The summed E-state index contributed by atoms with van der Waals surface area (Å²) >= 11 is 0. The lowest BCUT2D eigenvalue weighted by Crippen LogP contribution is -2.54. The summed E-state index contributed by atoms with van der Waals surface area (Å²) in [7, 11) is 2.26. The van der Waals surface area contributed by atoms with Crippen molar-refractivity contribution in [3.8, 4) is 0 Å². The van der Waals surface area contributed by atoms with Crippen molar-refractivity contribution < 1.29 is 0 Å². The molecule has 3 heteroatoms. The van der Waals surface area contributed by atoms with Crippen LogP contribution in [0, 0.1) is 0 Å². The Kier molecular flexibility index (Phi) is 3.42. The van der Waals surface area contributed by atoms with Crippen LogP contribution in [-0.4, -0.2) is 61.7 Å². The number of rotatable bonds is 2. The number of hydrogen-bond donors (Lipinski definition) is 1. The van der Waals surface area contributed by atoms with E-state index in [0.717, 1.165) is 12.1 Å². The molecule has 0 aromatic carbocycles. The molecule has 0 saturated carbocycles. The zero-order valence-electron chi connectivity index (χ0n) is 9.50. The molecule has 2 heterocycles. The molecule has 82 valence electrons. The van der Waals surface area contributed by atoms with E-state index in [2.05, 4.69) is 29.1 Å². The minimum Gasteiger partial charge on any atom is -0.315 e. The van der Waals surface area contributed by atoms with Crippen LogP contribution in [0.15, 0.2) is 0 Å². The molecule has 0 aromatic rings. The fourth-order valence-corrected chi connectivity index (χ4v) is 2.69. The average Bonchev–Trinajstić information content (AvgIpc) is 2.71. The predicted octanol–water partition coefficient (Wildman–Crippen LogP) is 0.374. The Balaban J connectivity index is 1.88. The average molecular weight is 197 g/mol. The van der Waals surface area contributed by atoms with Crippen molar-refractivity contribution in [2.24, 2.45) is 0 Å². The number of hydrogen-bond acceptors (Lipinski definition) is 3. The molecule has 2 aliphatic rings. The molecule has 2 unspecified atom stereocenters. The Hall–Kier alpha value is -0.120. The van der Waals surface area contributed by atoms with Gasteiger partial charge in [0.2, 0.25) is 0 Å². The van der Waals surface area contributed by atoms with Crippen LogP contribution in [-0.2, 0) is 0 Å². The van der Waals surface area contributed by atoms with Gasteiger partial charge >= 0.3 is 0 Å². The second-order valence-corrected chi connectivity index (χ2v) is 4.68. The highest BCUT2D eigenvalue weighted by molar-refractivity contribution is 4.87. The standard InChI is InChI=1S/C11H23N3/c1-3-10-9-14(7-6-13(10)2)11-4-5-12-8-11/h10-12H,3-9H2,1-2H3. The van der Waals surface area contributed by atoms with Gasteiger partial charge in [-0.3, -0.25) is 4.90 Å². The minimum absolute atomic E-state index is 0.782. The van der Waals surface area contributed by atoms with E-state index >= 15 is 0 Å². The van der Waals surface area contributed by atoms with Crippen molar-refractivity contribution >= 4 is 0 Å². The third kappa shape index (κ3) is 2.10. The van der Waals surface area contributed by atoms with E-state index in [0.29, 0.717) is 0 Å². The van der Waals surface area contributed by atoms with Gasteiger partial charge in [-0.15, -0.1) is 0 Å². The maximum absolute atomic E-state index is 3.46. The minimum atomic E-state index is 0.782. The Labute approximate surface area is 87.4 Å². The smallest absolute Gasteiger partial charge is 0.0233 e. The molecule has 2 fully saturated rings. The summed E-state index contributed by atoms with van der Waals surface area (Å²) in [6, 6.07) is 1.60. The van der Waals surface area contributed by atoms with E-state index < -0.39 is 0 Å². The van der Waals surface area contributed by atoms with Gasteiger partial charge < -0.3 is 10.2 Å². The van der Waals surface area contributed by atoms with Crippen molar-refractivity contribution in [2.45, 2.75) is 31.8 Å². The highest BCUT2D eigenvalue weighted by atomic mass is 15.3. The van der Waals surface area contributed by atoms with Gasteiger partial charge in [0, 0.05) is 38.3 Å². The number of nitrogens with zero attached hydrogens (tertiary/aromatic N) is 2. The van der Waals surface area contributed by atoms with Crippen LogP contribution < -0.4 is 5.32 Å². The van der Waals surface area contributed by atoms with Crippen LogP contribution in [0.4, 0.5) is 0 Å². The molecule has 0 aromatic heterocycles. The summed E-state index contributed by atoms with van der Waals surface area (Å²) in [6.45, 7) is 8.51. The largest absolute Gasteiger partial charge is 0.315 e. The van der Waals surface area contributed by atoms with E-state index in [-0.39, 0.29) is 0 Å². The van der Waals surface area contributed by atoms with Gasteiger partial charge in [0.15, 0.2) is 0 Å². The fraction of sp³-hybridized carbons (Fsp3) is 1.00. The number of piperazine rings is 1. The van der Waals surface area contributed by atoms with Crippen molar-refractivity contribution in [3.63, 3.8) is 0 Å². The van der Waals surface area contributed by atoms with Gasteiger partial charge in [-0.2, -0.15) is 0 Å². The Morgan fingerprint density at radius 1 is 1.36 bits per heavy atom. The summed E-state index contributed by atoms with van der Waals surface area (Å²) in [4.78, 5) is 5.20. The molecule has 3 nitrogen and oxygen atoms in total. The van der Waals surface area contributed by atoms with E-state index in [9.17, 15) is 0 Å². The number of likely N-dealkylation sites (N-methyl/N-ethyl adjacent to an activating group) is 1. The molecule has 2 rings (SSSR count). The summed E-state index contributed by atoms with van der Waals surface area (Å²) in [5, 5.41) is 3.46. The monoisotopic (exact) mass is 197 g/mol. The van der Waals surface area contributed by atoms with E-state index in [1.807, 2.05) is 0 Å². The van der Waals surface area contributed by atoms with E-state index in [4.69, 9.17) is 0 Å². The first-order valence-corrected chi connectivity index (χ1v) is 5.96. The normalized spacial score (nSPS) is 36.4. The summed E-state index contributed by atoms with van der Waals surface area (Å²) in [6.07, 6.45) is 2.63. The summed E-state index contributed by atoms with van der Waals surface area (Å²) in [5.74, 6) is 0. The lowest BCUT2D eigenvalue weighted by Gasteiger charge is -2.41. The second-order valence-electron chi connectivity index (χ2n) is 4.68. The molecule has 2 aliphatic heterocycles. The first kappa shape index (κ1) is 10.4. The molecule has 0 spiro atoms. The molecule has 2 atom stereocenters. The van der Waals surface area contributed by atoms with Crippen LogP contribution >= 0.6 is 0 Å². The Morgan fingerprint density at radius 3 is 2.86 bits per heavy atom. The van der Waals surface area contributed by atoms with E-state index in [1.54, 1.807) is 0 Å². The third-order valence-corrected chi connectivity index (χ3v) is 3.83. The molecular formula is C11H23N3. The van der Waals surface area contributed by atoms with Gasteiger partial charge in [-0.05, 0) is 26.4 Å². The quantitative estimate of drug-likeness (QED) is 0.690. The van der Waals surface area contributed by atoms with Gasteiger partial charge in [-0.25, -0.2) is 0 Å². The lowest BCUT2D eigenvalue weighted by atomic mass is 10.1. The zero-order chi connectivity index (χ0) is 9.97. The topological polar surface area (TPSA) is 18.5 Å².